The van der Waals surface area contributed by atoms with Gasteiger partial charge in [-0.15, -0.1) is 0 Å². The number of alkyl halides is 3. The Hall–Kier alpha value is -2.88. The number of benzene rings is 2. The van der Waals surface area contributed by atoms with E-state index in [9.17, 15) is 26.7 Å². The van der Waals surface area contributed by atoms with Crippen LogP contribution in [0.25, 0.3) is 0 Å². The number of amides is 1. The number of aryl methyl sites for hydroxylation is 1. The number of hydrogen-bond acceptors (Lipinski definition) is 4. The van der Waals surface area contributed by atoms with Crippen molar-refractivity contribution in [2.24, 2.45) is 5.84 Å². The van der Waals surface area contributed by atoms with E-state index in [2.05, 4.69) is 10.7 Å². The summed E-state index contributed by atoms with van der Waals surface area (Å²) in [5, 5.41) is 2.37. The first-order valence-electron chi connectivity index (χ1n) is 7.25. The highest BCUT2D eigenvalue weighted by Gasteiger charge is 2.38. The van der Waals surface area contributed by atoms with Gasteiger partial charge in [0.15, 0.2) is 0 Å². The molecular weight excluding hydrogens is 359 g/mol. The van der Waals surface area contributed by atoms with E-state index in [0.29, 0.717) is 29.1 Å². The summed E-state index contributed by atoms with van der Waals surface area (Å²) in [5.41, 5.74) is 7.42. The third-order valence-corrected chi connectivity index (χ3v) is 3.74. The standard InChI is InChI=1S/C16H15F5N4O/c1-7-2-3-12(22)14(25-23)9(7)6-24-15(26)8-4-10(17)13(11(18)5-8)16(19,20)21/h2-5,25H,6,22-23H2,1H3,(H,24,26). The third kappa shape index (κ3) is 3.85. The van der Waals surface area contributed by atoms with E-state index in [-0.39, 0.29) is 6.54 Å². The Morgan fingerprint density at radius 2 is 1.73 bits per heavy atom. The average Bonchev–Trinajstić information content (AvgIpc) is 2.53. The van der Waals surface area contributed by atoms with Gasteiger partial charge in [-0.05, 0) is 30.7 Å². The molecule has 5 nitrogen and oxygen atoms in total. The molecule has 2 aromatic rings. The minimum Gasteiger partial charge on any atom is -0.397 e. The van der Waals surface area contributed by atoms with Crippen molar-refractivity contribution < 1.29 is 26.7 Å². The molecule has 0 fully saturated rings. The van der Waals surface area contributed by atoms with Crippen molar-refractivity contribution in [3.05, 3.63) is 58.2 Å². The van der Waals surface area contributed by atoms with Crippen molar-refractivity contribution in [1.82, 2.24) is 5.32 Å². The number of nitrogen functional groups attached to an aromatic ring is 2. The van der Waals surface area contributed by atoms with Gasteiger partial charge in [-0.1, -0.05) is 6.07 Å². The van der Waals surface area contributed by atoms with Gasteiger partial charge in [0, 0.05) is 17.7 Å². The van der Waals surface area contributed by atoms with Crippen molar-refractivity contribution in [2.75, 3.05) is 11.2 Å². The van der Waals surface area contributed by atoms with Crippen molar-refractivity contribution in [3.63, 3.8) is 0 Å². The predicted octanol–water partition coefficient (Wildman–Crippen LogP) is 3.09. The normalized spacial score (nSPS) is 11.3. The maximum Gasteiger partial charge on any atom is 0.422 e. The fraction of sp³-hybridized carbons (Fsp3) is 0.188. The van der Waals surface area contributed by atoms with E-state index in [1.807, 2.05) is 0 Å². The molecule has 0 radical (unpaired) electrons. The molecule has 10 heteroatoms. The minimum atomic E-state index is -5.20. The monoisotopic (exact) mass is 374 g/mol. The molecule has 2 aromatic carbocycles. The van der Waals surface area contributed by atoms with Crippen molar-refractivity contribution in [1.29, 1.82) is 0 Å². The van der Waals surface area contributed by atoms with Crippen molar-refractivity contribution in [2.45, 2.75) is 19.6 Å². The van der Waals surface area contributed by atoms with Crippen LogP contribution in [0, 0.1) is 18.6 Å². The molecule has 1 amide bonds. The average molecular weight is 374 g/mol. The zero-order valence-corrected chi connectivity index (χ0v) is 13.5. The molecule has 26 heavy (non-hydrogen) atoms. The van der Waals surface area contributed by atoms with Crippen LogP contribution in [-0.4, -0.2) is 5.91 Å². The number of nitrogens with one attached hydrogen (secondary N) is 2. The zero-order valence-electron chi connectivity index (χ0n) is 13.5. The highest BCUT2D eigenvalue weighted by atomic mass is 19.4. The summed E-state index contributed by atoms with van der Waals surface area (Å²) in [7, 11) is 0. The Morgan fingerprint density at radius 3 is 2.23 bits per heavy atom. The van der Waals surface area contributed by atoms with Crippen LogP contribution >= 0.6 is 0 Å². The Morgan fingerprint density at radius 1 is 1.15 bits per heavy atom. The topological polar surface area (TPSA) is 93.2 Å². The molecule has 0 bridgehead atoms. The van der Waals surface area contributed by atoms with Crippen LogP contribution in [-0.2, 0) is 12.7 Å². The summed E-state index contributed by atoms with van der Waals surface area (Å²) in [6.45, 7) is 1.61. The van der Waals surface area contributed by atoms with Crippen LogP contribution in [0.4, 0.5) is 33.3 Å². The molecule has 0 atom stereocenters. The van der Waals surface area contributed by atoms with Crippen LogP contribution in [0.2, 0.25) is 0 Å². The van der Waals surface area contributed by atoms with Crippen molar-refractivity contribution in [3.8, 4) is 0 Å². The first kappa shape index (κ1) is 19.4. The summed E-state index contributed by atoms with van der Waals surface area (Å²) < 4.78 is 64.9. The molecule has 0 spiro atoms. The number of nitrogens with two attached hydrogens (primary N) is 2. The molecule has 2 rings (SSSR count). The number of rotatable bonds is 4. The minimum absolute atomic E-state index is 0.112. The van der Waals surface area contributed by atoms with E-state index in [1.54, 1.807) is 19.1 Å². The highest BCUT2D eigenvalue weighted by Crippen LogP contribution is 2.34. The second kappa shape index (κ2) is 7.16. The van der Waals surface area contributed by atoms with Gasteiger partial charge in [0.1, 0.15) is 17.2 Å². The second-order valence-electron chi connectivity index (χ2n) is 5.46. The number of hydrazine groups is 1. The fourth-order valence-corrected chi connectivity index (χ4v) is 2.41. The number of carbonyl (C=O) groups excluding carboxylic acids is 1. The van der Waals surface area contributed by atoms with E-state index in [0.717, 1.165) is 5.56 Å². The van der Waals surface area contributed by atoms with Gasteiger partial charge in [-0.25, -0.2) is 8.78 Å². The Kier molecular flexibility index (Phi) is 5.36. The van der Waals surface area contributed by atoms with Gasteiger partial charge in [-0.2, -0.15) is 13.2 Å². The van der Waals surface area contributed by atoms with E-state index in [4.69, 9.17) is 11.6 Å². The highest BCUT2D eigenvalue weighted by molar-refractivity contribution is 5.94. The largest absolute Gasteiger partial charge is 0.422 e. The predicted molar refractivity (Wildman–Crippen MR) is 85.9 cm³/mol. The van der Waals surface area contributed by atoms with Gasteiger partial charge >= 0.3 is 6.18 Å². The Balaban J connectivity index is 2.26. The first-order chi connectivity index (χ1) is 12.1. The summed E-state index contributed by atoms with van der Waals surface area (Å²) >= 11 is 0. The van der Waals surface area contributed by atoms with Crippen LogP contribution < -0.4 is 22.3 Å². The molecule has 6 N–H and O–H groups in total. The number of hydrogen-bond donors (Lipinski definition) is 4. The SMILES string of the molecule is Cc1ccc(N)c(NN)c1CNC(=O)c1cc(F)c(C(F)(F)F)c(F)c1. The first-order valence-corrected chi connectivity index (χ1v) is 7.25. The lowest BCUT2D eigenvalue weighted by Gasteiger charge is -2.16. The molecule has 0 heterocycles. The molecule has 0 aliphatic rings. The summed E-state index contributed by atoms with van der Waals surface area (Å²) in [6, 6.07) is 3.93. The zero-order chi connectivity index (χ0) is 19.6. The number of carbonyl (C=O) groups is 1. The third-order valence-electron chi connectivity index (χ3n) is 3.74. The van der Waals surface area contributed by atoms with E-state index >= 15 is 0 Å². The van der Waals surface area contributed by atoms with Gasteiger partial charge < -0.3 is 16.5 Å². The van der Waals surface area contributed by atoms with Gasteiger partial charge in [-0.3, -0.25) is 10.6 Å². The smallest absolute Gasteiger partial charge is 0.397 e. The van der Waals surface area contributed by atoms with Crippen LogP contribution in [0.5, 0.6) is 0 Å². The van der Waals surface area contributed by atoms with E-state index in [1.165, 1.54) is 0 Å². The molecule has 0 aromatic heterocycles. The molecular formula is C16H15F5N4O. The fourth-order valence-electron chi connectivity index (χ4n) is 2.41. The maximum absolute atomic E-state index is 13.6. The van der Waals surface area contributed by atoms with Gasteiger partial charge in [0.2, 0.25) is 0 Å². The Bertz CT molecular complexity index is 828. The lowest BCUT2D eigenvalue weighted by Crippen LogP contribution is -2.25. The summed E-state index contributed by atoms with van der Waals surface area (Å²) in [6.07, 6.45) is -5.20. The van der Waals surface area contributed by atoms with Crippen molar-refractivity contribution >= 4 is 17.3 Å². The van der Waals surface area contributed by atoms with Crippen LogP contribution in [0.15, 0.2) is 24.3 Å². The molecule has 0 aliphatic carbocycles. The molecule has 0 unspecified atom stereocenters. The van der Waals surface area contributed by atoms with E-state index < -0.39 is 34.8 Å². The lowest BCUT2D eigenvalue weighted by atomic mass is 10.0. The molecule has 140 valence electrons. The lowest BCUT2D eigenvalue weighted by molar-refractivity contribution is -0.142. The molecule has 0 saturated heterocycles. The summed E-state index contributed by atoms with van der Waals surface area (Å²) in [5.74, 6) is 0.693. The van der Waals surface area contributed by atoms with Crippen LogP contribution in [0.1, 0.15) is 27.0 Å². The quantitative estimate of drug-likeness (QED) is 0.286. The van der Waals surface area contributed by atoms with Gasteiger partial charge in [0.05, 0.1) is 11.4 Å². The second-order valence-corrected chi connectivity index (χ2v) is 5.46. The number of anilines is 2. The summed E-state index contributed by atoms with van der Waals surface area (Å²) in [4.78, 5) is 12.1. The number of halogens is 5. The molecule has 0 saturated carbocycles. The molecule has 0 aliphatic heterocycles. The van der Waals surface area contributed by atoms with Crippen LogP contribution in [0.3, 0.4) is 0 Å². The van der Waals surface area contributed by atoms with Gasteiger partial charge in [0.25, 0.3) is 5.91 Å². The maximum atomic E-state index is 13.6. The Labute approximate surface area is 145 Å².